The summed E-state index contributed by atoms with van der Waals surface area (Å²) in [6.07, 6.45) is -0.0542. The average Bonchev–Trinajstić information content (AvgIpc) is 3.30. The van der Waals surface area contributed by atoms with Gasteiger partial charge >= 0.3 is 5.97 Å². The van der Waals surface area contributed by atoms with Crippen molar-refractivity contribution < 1.29 is 14.4 Å². The standard InChI is InChI=1S/C24H24N4O3/c1-13-5-7-17(8-6-13)21-18(12-20(29)30)15(3)22-23-19(21)11-14(2)27(23)9-10-28(22)24-25-16(4)31-26-24/h5-8,11H,9-10,12H2,1-4H3,(H,29,30). The maximum atomic E-state index is 11.9. The maximum absolute atomic E-state index is 11.9. The van der Waals surface area contributed by atoms with Crippen molar-refractivity contribution in [2.75, 3.05) is 11.4 Å². The van der Waals surface area contributed by atoms with Gasteiger partial charge in [0.15, 0.2) is 0 Å². The first-order valence-electron chi connectivity index (χ1n) is 10.4. The van der Waals surface area contributed by atoms with Crippen molar-refractivity contribution in [2.24, 2.45) is 0 Å². The van der Waals surface area contributed by atoms with Crippen LogP contribution in [0.1, 0.15) is 28.3 Å². The molecule has 158 valence electrons. The summed E-state index contributed by atoms with van der Waals surface area (Å²) < 4.78 is 7.55. The average molecular weight is 416 g/mol. The molecule has 0 unspecified atom stereocenters. The van der Waals surface area contributed by atoms with E-state index < -0.39 is 5.97 Å². The number of carboxylic acids is 1. The van der Waals surface area contributed by atoms with Crippen LogP contribution in [0, 0.1) is 27.7 Å². The molecule has 0 bridgehead atoms. The van der Waals surface area contributed by atoms with Gasteiger partial charge in [0.2, 0.25) is 5.89 Å². The van der Waals surface area contributed by atoms with Gasteiger partial charge in [-0.3, -0.25) is 4.79 Å². The fourth-order valence-corrected chi connectivity index (χ4v) is 4.74. The fourth-order valence-electron chi connectivity index (χ4n) is 4.74. The summed E-state index contributed by atoms with van der Waals surface area (Å²) in [6, 6.07) is 10.5. The van der Waals surface area contributed by atoms with E-state index in [1.807, 2.05) is 6.92 Å². The van der Waals surface area contributed by atoms with Crippen LogP contribution < -0.4 is 4.90 Å². The van der Waals surface area contributed by atoms with Crippen molar-refractivity contribution >= 4 is 28.5 Å². The Morgan fingerprint density at radius 2 is 1.87 bits per heavy atom. The Hall–Kier alpha value is -3.61. The number of carboxylic acid groups (broad SMARTS) is 1. The van der Waals surface area contributed by atoms with Gasteiger partial charge < -0.3 is 19.1 Å². The predicted molar refractivity (Wildman–Crippen MR) is 119 cm³/mol. The molecule has 3 heterocycles. The van der Waals surface area contributed by atoms with Crippen LogP contribution in [0.25, 0.3) is 22.0 Å². The minimum absolute atomic E-state index is 0.0542. The summed E-state index contributed by atoms with van der Waals surface area (Å²) in [4.78, 5) is 18.4. The molecule has 0 saturated carbocycles. The lowest BCUT2D eigenvalue weighted by Gasteiger charge is -2.31. The number of hydrogen-bond acceptors (Lipinski definition) is 5. The first-order chi connectivity index (χ1) is 14.8. The first-order valence-corrected chi connectivity index (χ1v) is 10.4. The highest BCUT2D eigenvalue weighted by atomic mass is 16.5. The molecule has 2 aromatic carbocycles. The predicted octanol–water partition coefficient (Wildman–Crippen LogP) is 4.70. The van der Waals surface area contributed by atoms with Gasteiger partial charge in [0, 0.05) is 31.1 Å². The third-order valence-corrected chi connectivity index (χ3v) is 6.15. The van der Waals surface area contributed by atoms with Gasteiger partial charge in [-0.15, -0.1) is 0 Å². The summed E-state index contributed by atoms with van der Waals surface area (Å²) in [5.74, 6) is 0.163. The van der Waals surface area contributed by atoms with E-state index in [0.29, 0.717) is 18.4 Å². The number of aliphatic carboxylic acids is 1. The topological polar surface area (TPSA) is 84.4 Å². The third-order valence-electron chi connectivity index (χ3n) is 6.15. The van der Waals surface area contributed by atoms with Crippen molar-refractivity contribution in [2.45, 2.75) is 40.7 Å². The highest BCUT2D eigenvalue weighted by Gasteiger charge is 2.31. The van der Waals surface area contributed by atoms with Crippen molar-refractivity contribution in [3.05, 3.63) is 58.6 Å². The molecule has 0 spiro atoms. The summed E-state index contributed by atoms with van der Waals surface area (Å²) in [6.45, 7) is 9.40. The van der Waals surface area contributed by atoms with Crippen LogP contribution in [0.3, 0.4) is 0 Å². The minimum Gasteiger partial charge on any atom is -0.481 e. The number of carbonyl (C=O) groups is 1. The van der Waals surface area contributed by atoms with Crippen LogP contribution in [0.5, 0.6) is 0 Å². The van der Waals surface area contributed by atoms with Gasteiger partial charge in [0.25, 0.3) is 5.95 Å². The van der Waals surface area contributed by atoms with E-state index in [0.717, 1.165) is 51.1 Å². The van der Waals surface area contributed by atoms with E-state index in [1.54, 1.807) is 6.92 Å². The monoisotopic (exact) mass is 416 g/mol. The van der Waals surface area contributed by atoms with Gasteiger partial charge in [0.05, 0.1) is 17.6 Å². The smallest absolute Gasteiger partial charge is 0.307 e. The fraction of sp³-hybridized carbons (Fsp3) is 0.292. The van der Waals surface area contributed by atoms with Gasteiger partial charge in [0.1, 0.15) is 0 Å². The van der Waals surface area contributed by atoms with Crippen molar-refractivity contribution in [1.29, 1.82) is 0 Å². The van der Waals surface area contributed by atoms with Crippen molar-refractivity contribution in [3.8, 4) is 11.1 Å². The summed E-state index contributed by atoms with van der Waals surface area (Å²) in [5.41, 5.74) is 8.15. The Labute approximate surface area is 179 Å². The molecule has 7 heteroatoms. The Morgan fingerprint density at radius 1 is 1.13 bits per heavy atom. The van der Waals surface area contributed by atoms with E-state index >= 15 is 0 Å². The normalized spacial score (nSPS) is 13.2. The summed E-state index contributed by atoms with van der Waals surface area (Å²) in [7, 11) is 0. The molecule has 5 rings (SSSR count). The van der Waals surface area contributed by atoms with Crippen LogP contribution >= 0.6 is 0 Å². The van der Waals surface area contributed by atoms with Gasteiger partial charge in [-0.25, -0.2) is 0 Å². The highest BCUT2D eigenvalue weighted by molar-refractivity contribution is 6.08. The molecule has 0 amide bonds. The Kier molecular flexibility index (Phi) is 4.36. The van der Waals surface area contributed by atoms with Gasteiger partial charge in [-0.2, -0.15) is 4.98 Å². The second-order valence-corrected chi connectivity index (χ2v) is 8.23. The highest BCUT2D eigenvalue weighted by Crippen LogP contribution is 2.46. The van der Waals surface area contributed by atoms with E-state index in [1.165, 1.54) is 5.56 Å². The quantitative estimate of drug-likeness (QED) is 0.519. The number of aryl methyl sites for hydroxylation is 3. The Bertz CT molecular complexity index is 1330. The molecule has 0 saturated heterocycles. The SMILES string of the molecule is Cc1ccc(-c2c(CC(=O)O)c(C)c3c4c2cc(C)n4CCN3c2noc(C)n2)cc1. The van der Waals surface area contributed by atoms with Crippen LogP contribution in [-0.4, -0.2) is 32.3 Å². The molecule has 1 N–H and O–H groups in total. The lowest BCUT2D eigenvalue weighted by molar-refractivity contribution is -0.136. The zero-order chi connectivity index (χ0) is 21.9. The second-order valence-electron chi connectivity index (χ2n) is 8.23. The lowest BCUT2D eigenvalue weighted by Crippen LogP contribution is -2.29. The Morgan fingerprint density at radius 3 is 2.52 bits per heavy atom. The number of aromatic nitrogens is 3. The Balaban J connectivity index is 1.88. The number of rotatable bonds is 4. The van der Waals surface area contributed by atoms with E-state index in [4.69, 9.17) is 4.52 Å². The number of anilines is 2. The van der Waals surface area contributed by atoms with E-state index in [-0.39, 0.29) is 6.42 Å². The third kappa shape index (κ3) is 3.00. The second kappa shape index (κ2) is 6.97. The van der Waals surface area contributed by atoms with Crippen LogP contribution in [-0.2, 0) is 17.8 Å². The molecular formula is C24H24N4O3. The molecule has 7 nitrogen and oxygen atoms in total. The van der Waals surface area contributed by atoms with Crippen LogP contribution in [0.15, 0.2) is 34.9 Å². The zero-order valence-electron chi connectivity index (χ0n) is 18.1. The summed E-state index contributed by atoms with van der Waals surface area (Å²) in [5, 5.41) is 14.9. The number of benzene rings is 2. The van der Waals surface area contributed by atoms with Crippen molar-refractivity contribution in [1.82, 2.24) is 14.7 Å². The van der Waals surface area contributed by atoms with Crippen LogP contribution in [0.2, 0.25) is 0 Å². The minimum atomic E-state index is -0.850. The molecule has 4 aromatic rings. The number of nitrogens with zero attached hydrogens (tertiary/aromatic N) is 4. The molecular weight excluding hydrogens is 392 g/mol. The van der Waals surface area contributed by atoms with E-state index in [2.05, 4.69) is 63.8 Å². The van der Waals surface area contributed by atoms with Gasteiger partial charge in [-0.05, 0) is 54.2 Å². The van der Waals surface area contributed by atoms with Crippen LogP contribution in [0.4, 0.5) is 11.6 Å². The summed E-state index contributed by atoms with van der Waals surface area (Å²) >= 11 is 0. The molecule has 0 fully saturated rings. The maximum Gasteiger partial charge on any atom is 0.307 e. The zero-order valence-corrected chi connectivity index (χ0v) is 18.1. The molecule has 31 heavy (non-hydrogen) atoms. The molecule has 2 aromatic heterocycles. The molecule has 0 radical (unpaired) electrons. The molecule has 0 aliphatic carbocycles. The van der Waals surface area contributed by atoms with E-state index in [9.17, 15) is 9.90 Å². The molecule has 0 atom stereocenters. The molecule has 1 aliphatic rings. The van der Waals surface area contributed by atoms with Gasteiger partial charge in [-0.1, -0.05) is 29.8 Å². The van der Waals surface area contributed by atoms with Crippen molar-refractivity contribution in [3.63, 3.8) is 0 Å². The first kappa shape index (κ1) is 19.4. The largest absolute Gasteiger partial charge is 0.481 e. The number of hydrogen-bond donors (Lipinski definition) is 1. The molecule has 1 aliphatic heterocycles. The lowest BCUT2D eigenvalue weighted by atomic mass is 9.88.